The predicted molar refractivity (Wildman–Crippen MR) is 116 cm³/mol. The average molecular weight is 415 g/mol. The number of carbonyl (C=O) groups excluding carboxylic acids is 1. The van der Waals surface area contributed by atoms with Crippen molar-refractivity contribution in [3.05, 3.63) is 82.7 Å². The number of rotatable bonds is 7. The third-order valence-electron chi connectivity index (χ3n) is 5.61. The number of nitrogens with zero attached hydrogens (tertiary/aromatic N) is 3. The molecule has 1 amide bonds. The number of piperidine rings is 1. The Balaban J connectivity index is 1.38. The van der Waals surface area contributed by atoms with Crippen LogP contribution in [0.15, 0.2) is 54.7 Å². The van der Waals surface area contributed by atoms with Crippen LogP contribution in [0.25, 0.3) is 0 Å². The minimum atomic E-state index is -0.439. The SMILES string of the molecule is N#Cc1cccc(COc2cccc(CN3CCC[C@H](c4[nH]ncc4C(N)=O)C3)c2)c1. The molecule has 1 fully saturated rings. The second-order valence-corrected chi connectivity index (χ2v) is 7.88. The van der Waals surface area contributed by atoms with Crippen molar-refractivity contribution in [2.24, 2.45) is 5.73 Å². The monoisotopic (exact) mass is 415 g/mol. The molecule has 0 radical (unpaired) electrons. The number of ether oxygens (including phenoxy) is 1. The largest absolute Gasteiger partial charge is 0.489 e. The summed E-state index contributed by atoms with van der Waals surface area (Å²) in [7, 11) is 0. The molecule has 31 heavy (non-hydrogen) atoms. The molecule has 2 heterocycles. The minimum Gasteiger partial charge on any atom is -0.489 e. The molecule has 1 atom stereocenters. The maximum atomic E-state index is 11.7. The van der Waals surface area contributed by atoms with Gasteiger partial charge in [-0.3, -0.25) is 14.8 Å². The van der Waals surface area contributed by atoms with Crippen LogP contribution in [0.5, 0.6) is 5.75 Å². The van der Waals surface area contributed by atoms with Crippen molar-refractivity contribution in [1.29, 1.82) is 5.26 Å². The molecular formula is C24H25N5O2. The van der Waals surface area contributed by atoms with Gasteiger partial charge < -0.3 is 10.5 Å². The van der Waals surface area contributed by atoms with Crippen LogP contribution in [0.3, 0.4) is 0 Å². The zero-order valence-corrected chi connectivity index (χ0v) is 17.3. The van der Waals surface area contributed by atoms with Gasteiger partial charge in [-0.1, -0.05) is 24.3 Å². The van der Waals surface area contributed by atoms with E-state index in [9.17, 15) is 4.79 Å². The van der Waals surface area contributed by atoms with Crippen molar-refractivity contribution in [1.82, 2.24) is 15.1 Å². The fourth-order valence-corrected chi connectivity index (χ4v) is 4.13. The zero-order valence-electron chi connectivity index (χ0n) is 17.3. The number of nitriles is 1. The van der Waals surface area contributed by atoms with E-state index in [1.807, 2.05) is 30.3 Å². The summed E-state index contributed by atoms with van der Waals surface area (Å²) < 4.78 is 5.95. The van der Waals surface area contributed by atoms with Crippen LogP contribution >= 0.6 is 0 Å². The maximum absolute atomic E-state index is 11.7. The lowest BCUT2D eigenvalue weighted by atomic mass is 9.92. The van der Waals surface area contributed by atoms with E-state index in [-0.39, 0.29) is 5.92 Å². The van der Waals surface area contributed by atoms with Gasteiger partial charge in [-0.05, 0) is 54.8 Å². The fourth-order valence-electron chi connectivity index (χ4n) is 4.13. The Morgan fingerprint density at radius 1 is 1.26 bits per heavy atom. The number of aromatic nitrogens is 2. The Morgan fingerprint density at radius 2 is 2.10 bits per heavy atom. The fraction of sp³-hybridized carbons (Fsp3) is 0.292. The van der Waals surface area contributed by atoms with Crippen molar-refractivity contribution in [2.75, 3.05) is 13.1 Å². The normalized spacial score (nSPS) is 16.5. The number of nitrogens with two attached hydrogens (primary N) is 1. The second-order valence-electron chi connectivity index (χ2n) is 7.88. The van der Waals surface area contributed by atoms with Crippen LogP contribution in [0.2, 0.25) is 0 Å². The number of hydrogen-bond donors (Lipinski definition) is 2. The molecule has 3 N–H and O–H groups in total. The Morgan fingerprint density at radius 3 is 2.94 bits per heavy atom. The first-order chi connectivity index (χ1) is 15.1. The van der Waals surface area contributed by atoms with E-state index in [0.29, 0.717) is 17.7 Å². The smallest absolute Gasteiger partial charge is 0.252 e. The van der Waals surface area contributed by atoms with E-state index >= 15 is 0 Å². The Bertz CT molecular complexity index is 1100. The van der Waals surface area contributed by atoms with Gasteiger partial charge in [0.15, 0.2) is 0 Å². The van der Waals surface area contributed by atoms with E-state index in [0.717, 1.165) is 49.5 Å². The summed E-state index contributed by atoms with van der Waals surface area (Å²) in [6.45, 7) is 3.06. The quantitative estimate of drug-likeness (QED) is 0.615. The molecule has 0 spiro atoms. The summed E-state index contributed by atoms with van der Waals surface area (Å²) >= 11 is 0. The zero-order chi connectivity index (χ0) is 21.6. The van der Waals surface area contributed by atoms with E-state index in [1.165, 1.54) is 11.8 Å². The molecule has 0 unspecified atom stereocenters. The lowest BCUT2D eigenvalue weighted by molar-refractivity contribution is 0.0997. The van der Waals surface area contributed by atoms with Crippen LogP contribution < -0.4 is 10.5 Å². The lowest BCUT2D eigenvalue weighted by Gasteiger charge is -2.32. The number of benzene rings is 2. The number of H-pyrrole nitrogens is 1. The molecule has 1 saturated heterocycles. The van der Waals surface area contributed by atoms with Gasteiger partial charge in [0.05, 0.1) is 29.1 Å². The van der Waals surface area contributed by atoms with Gasteiger partial charge in [0.2, 0.25) is 0 Å². The number of hydrogen-bond acceptors (Lipinski definition) is 5. The van der Waals surface area contributed by atoms with Crippen molar-refractivity contribution in [3.63, 3.8) is 0 Å². The van der Waals surface area contributed by atoms with Crippen LogP contribution in [0.4, 0.5) is 0 Å². The third-order valence-corrected chi connectivity index (χ3v) is 5.61. The van der Waals surface area contributed by atoms with E-state index in [4.69, 9.17) is 15.7 Å². The van der Waals surface area contributed by atoms with Gasteiger partial charge in [0.25, 0.3) is 5.91 Å². The number of likely N-dealkylation sites (tertiary alicyclic amines) is 1. The van der Waals surface area contributed by atoms with Gasteiger partial charge in [0.1, 0.15) is 12.4 Å². The Kier molecular flexibility index (Phi) is 6.29. The second kappa shape index (κ2) is 9.45. The molecule has 7 heteroatoms. The standard InChI is InChI=1S/C24H25N5O2/c25-12-17-4-1-6-19(10-17)16-31-21-8-2-5-18(11-21)14-29-9-3-7-20(15-29)23-22(24(26)30)13-27-28-23/h1-2,4-6,8,10-11,13,20H,3,7,9,14-16H2,(H2,26,30)(H,27,28)/t20-/m0/s1. The number of amides is 1. The first-order valence-electron chi connectivity index (χ1n) is 10.4. The Labute approximate surface area is 181 Å². The number of primary amides is 1. The summed E-state index contributed by atoms with van der Waals surface area (Å²) in [5.74, 6) is 0.578. The molecule has 1 aromatic heterocycles. The van der Waals surface area contributed by atoms with Gasteiger partial charge in [0, 0.05) is 19.0 Å². The van der Waals surface area contributed by atoms with Crippen molar-refractivity contribution >= 4 is 5.91 Å². The molecular weight excluding hydrogens is 390 g/mol. The lowest BCUT2D eigenvalue weighted by Crippen LogP contribution is -2.34. The number of aromatic amines is 1. The highest BCUT2D eigenvalue weighted by Gasteiger charge is 2.26. The first-order valence-corrected chi connectivity index (χ1v) is 10.4. The summed E-state index contributed by atoms with van der Waals surface area (Å²) in [5.41, 5.74) is 9.58. The summed E-state index contributed by atoms with van der Waals surface area (Å²) in [4.78, 5) is 14.0. The molecule has 2 aromatic carbocycles. The minimum absolute atomic E-state index is 0.214. The highest BCUT2D eigenvalue weighted by molar-refractivity contribution is 5.93. The van der Waals surface area contributed by atoms with Crippen molar-refractivity contribution in [2.45, 2.75) is 31.9 Å². The van der Waals surface area contributed by atoms with Crippen molar-refractivity contribution < 1.29 is 9.53 Å². The van der Waals surface area contributed by atoms with E-state index in [2.05, 4.69) is 33.3 Å². The highest BCUT2D eigenvalue weighted by Crippen LogP contribution is 2.29. The molecule has 1 aliphatic heterocycles. The molecule has 158 valence electrons. The number of carbonyl (C=O) groups is 1. The van der Waals surface area contributed by atoms with Gasteiger partial charge in [-0.2, -0.15) is 10.4 Å². The van der Waals surface area contributed by atoms with Gasteiger partial charge in [-0.25, -0.2) is 0 Å². The van der Waals surface area contributed by atoms with Crippen LogP contribution in [0, 0.1) is 11.3 Å². The molecule has 3 aromatic rings. The van der Waals surface area contributed by atoms with Crippen molar-refractivity contribution in [3.8, 4) is 11.8 Å². The summed E-state index contributed by atoms with van der Waals surface area (Å²) in [6, 6.07) is 17.7. The Hall–Kier alpha value is -3.63. The molecule has 1 aliphatic rings. The maximum Gasteiger partial charge on any atom is 0.252 e. The van der Waals surface area contributed by atoms with Crippen LogP contribution in [-0.4, -0.2) is 34.1 Å². The van der Waals surface area contributed by atoms with Gasteiger partial charge in [-0.15, -0.1) is 0 Å². The van der Waals surface area contributed by atoms with E-state index in [1.54, 1.807) is 6.07 Å². The predicted octanol–water partition coefficient (Wildman–Crippen LogP) is 3.34. The van der Waals surface area contributed by atoms with Crippen LogP contribution in [0.1, 0.15) is 51.5 Å². The van der Waals surface area contributed by atoms with Gasteiger partial charge >= 0.3 is 0 Å². The topological polar surface area (TPSA) is 108 Å². The summed E-state index contributed by atoms with van der Waals surface area (Å²) in [5, 5.41) is 16.0. The molecule has 0 saturated carbocycles. The molecule has 4 rings (SSSR count). The molecule has 0 aliphatic carbocycles. The highest BCUT2D eigenvalue weighted by atomic mass is 16.5. The third kappa shape index (κ3) is 5.11. The molecule has 0 bridgehead atoms. The average Bonchev–Trinajstić information content (AvgIpc) is 3.29. The van der Waals surface area contributed by atoms with Crippen LogP contribution in [-0.2, 0) is 13.2 Å². The molecule has 7 nitrogen and oxygen atoms in total. The first kappa shape index (κ1) is 20.6. The number of nitrogens with one attached hydrogen (secondary N) is 1. The van der Waals surface area contributed by atoms with E-state index < -0.39 is 5.91 Å². The summed E-state index contributed by atoms with van der Waals surface area (Å²) in [6.07, 6.45) is 3.57.